The first-order valence-corrected chi connectivity index (χ1v) is 9.06. The van der Waals surface area contributed by atoms with E-state index in [2.05, 4.69) is 30.1 Å². The number of nitrogens with one attached hydrogen (secondary N) is 1. The molecule has 0 amide bonds. The van der Waals surface area contributed by atoms with Crippen LogP contribution in [0.2, 0.25) is 0 Å². The molecule has 4 unspecified atom stereocenters. The first-order chi connectivity index (χ1) is 10.1. The monoisotopic (exact) mass is 289 g/mol. The molecule has 0 bridgehead atoms. The Balaban J connectivity index is 1.62. The number of piperidine rings is 1. The van der Waals surface area contributed by atoms with Crippen molar-refractivity contribution in [3.8, 4) is 6.07 Å². The molecule has 2 saturated carbocycles. The van der Waals surface area contributed by atoms with E-state index in [-0.39, 0.29) is 5.54 Å². The van der Waals surface area contributed by atoms with Gasteiger partial charge in [0.05, 0.1) is 6.07 Å². The van der Waals surface area contributed by atoms with Gasteiger partial charge in [-0.05, 0) is 71.3 Å². The Kier molecular flexibility index (Phi) is 4.57. The van der Waals surface area contributed by atoms with Gasteiger partial charge in [-0.15, -0.1) is 0 Å². The summed E-state index contributed by atoms with van der Waals surface area (Å²) in [4.78, 5) is 2.75. The van der Waals surface area contributed by atoms with Gasteiger partial charge < -0.3 is 0 Å². The second-order valence-corrected chi connectivity index (χ2v) is 7.91. The van der Waals surface area contributed by atoms with Crippen LogP contribution in [0.3, 0.4) is 0 Å². The molecule has 3 nitrogen and oxygen atoms in total. The molecule has 1 saturated heterocycles. The van der Waals surface area contributed by atoms with Gasteiger partial charge in [0.25, 0.3) is 0 Å². The summed E-state index contributed by atoms with van der Waals surface area (Å²) >= 11 is 0. The molecule has 0 aromatic rings. The lowest BCUT2D eigenvalue weighted by atomic mass is 9.77. The normalized spacial score (nSPS) is 34.5. The van der Waals surface area contributed by atoms with Crippen molar-refractivity contribution in [3.63, 3.8) is 0 Å². The standard InChI is InChI=1S/C18H31N3/c1-14(12-18(2,13-19)20-16-9-10-16)21-11-5-7-15-6-3-4-8-17(15)21/h14-17,20H,3-12H2,1-2H3. The summed E-state index contributed by atoms with van der Waals surface area (Å²) in [5, 5.41) is 13.2. The zero-order valence-corrected chi connectivity index (χ0v) is 13.8. The average molecular weight is 289 g/mol. The van der Waals surface area contributed by atoms with Crippen molar-refractivity contribution in [2.24, 2.45) is 5.92 Å². The Labute approximate surface area is 130 Å². The number of nitrogens with zero attached hydrogens (tertiary/aromatic N) is 2. The Morgan fingerprint density at radius 3 is 2.62 bits per heavy atom. The molecule has 3 fully saturated rings. The van der Waals surface area contributed by atoms with Crippen LogP contribution < -0.4 is 5.32 Å². The summed E-state index contributed by atoms with van der Waals surface area (Å²) in [7, 11) is 0. The molecule has 1 aliphatic heterocycles. The van der Waals surface area contributed by atoms with Gasteiger partial charge in [-0.1, -0.05) is 12.8 Å². The first-order valence-electron chi connectivity index (χ1n) is 9.06. The number of rotatable bonds is 5. The van der Waals surface area contributed by atoms with Crippen LogP contribution >= 0.6 is 0 Å². The lowest BCUT2D eigenvalue weighted by molar-refractivity contribution is 0.0230. The molecular formula is C18H31N3. The minimum absolute atomic E-state index is 0.345. The van der Waals surface area contributed by atoms with Crippen molar-refractivity contribution in [2.45, 2.75) is 95.3 Å². The molecule has 1 N–H and O–H groups in total. The molecular weight excluding hydrogens is 258 g/mol. The Morgan fingerprint density at radius 1 is 1.19 bits per heavy atom. The highest BCUT2D eigenvalue weighted by Crippen LogP contribution is 2.37. The van der Waals surface area contributed by atoms with Gasteiger partial charge in [-0.2, -0.15) is 5.26 Å². The largest absolute Gasteiger partial charge is 0.297 e. The third-order valence-electron chi connectivity index (χ3n) is 5.90. The fraction of sp³-hybridized carbons (Fsp3) is 0.944. The predicted octanol–water partition coefficient (Wildman–Crippen LogP) is 3.45. The van der Waals surface area contributed by atoms with Crippen molar-refractivity contribution in [1.82, 2.24) is 10.2 Å². The maximum atomic E-state index is 9.61. The van der Waals surface area contributed by atoms with E-state index in [0.29, 0.717) is 12.1 Å². The third kappa shape index (κ3) is 3.60. The number of hydrogen-bond donors (Lipinski definition) is 1. The highest BCUT2D eigenvalue weighted by atomic mass is 15.2. The van der Waals surface area contributed by atoms with Gasteiger partial charge in [0.2, 0.25) is 0 Å². The Morgan fingerprint density at radius 2 is 1.90 bits per heavy atom. The van der Waals surface area contributed by atoms with E-state index in [1.54, 1.807) is 0 Å². The maximum absolute atomic E-state index is 9.61. The predicted molar refractivity (Wildman–Crippen MR) is 85.9 cm³/mol. The van der Waals surface area contributed by atoms with E-state index in [4.69, 9.17) is 0 Å². The van der Waals surface area contributed by atoms with Crippen molar-refractivity contribution in [3.05, 3.63) is 0 Å². The highest BCUT2D eigenvalue weighted by Gasteiger charge is 2.39. The van der Waals surface area contributed by atoms with Gasteiger partial charge in [-0.25, -0.2) is 0 Å². The van der Waals surface area contributed by atoms with Crippen molar-refractivity contribution < 1.29 is 0 Å². The van der Waals surface area contributed by atoms with Crippen LogP contribution in [-0.4, -0.2) is 35.1 Å². The van der Waals surface area contributed by atoms with Crippen molar-refractivity contribution in [2.75, 3.05) is 6.54 Å². The zero-order chi connectivity index (χ0) is 14.9. The molecule has 2 aliphatic carbocycles. The third-order valence-corrected chi connectivity index (χ3v) is 5.90. The Bertz CT molecular complexity index is 396. The molecule has 0 aromatic carbocycles. The molecule has 3 heteroatoms. The highest BCUT2D eigenvalue weighted by molar-refractivity contribution is 5.09. The lowest BCUT2D eigenvalue weighted by Crippen LogP contribution is -2.54. The fourth-order valence-electron chi connectivity index (χ4n) is 4.73. The van der Waals surface area contributed by atoms with Gasteiger partial charge in [0.15, 0.2) is 0 Å². The average Bonchev–Trinajstić information content (AvgIpc) is 3.30. The molecule has 118 valence electrons. The van der Waals surface area contributed by atoms with E-state index in [9.17, 15) is 5.26 Å². The maximum Gasteiger partial charge on any atom is 0.105 e. The second-order valence-electron chi connectivity index (χ2n) is 7.91. The molecule has 1 heterocycles. The van der Waals surface area contributed by atoms with Crippen LogP contribution in [0, 0.1) is 17.2 Å². The summed E-state index contributed by atoms with van der Waals surface area (Å²) in [5.41, 5.74) is -0.345. The molecule has 3 rings (SSSR count). The van der Waals surface area contributed by atoms with Gasteiger partial charge in [0.1, 0.15) is 5.54 Å². The van der Waals surface area contributed by atoms with Gasteiger partial charge in [-0.3, -0.25) is 10.2 Å². The number of hydrogen-bond acceptors (Lipinski definition) is 3. The number of fused-ring (bicyclic) bond motifs is 1. The summed E-state index contributed by atoms with van der Waals surface area (Å²) in [6, 6.07) is 4.47. The van der Waals surface area contributed by atoms with Crippen LogP contribution in [0.15, 0.2) is 0 Å². The van der Waals surface area contributed by atoms with E-state index in [1.807, 2.05) is 0 Å². The number of likely N-dealkylation sites (tertiary alicyclic amines) is 1. The lowest BCUT2D eigenvalue weighted by Gasteiger charge is -2.48. The van der Waals surface area contributed by atoms with Crippen molar-refractivity contribution in [1.29, 1.82) is 5.26 Å². The summed E-state index contributed by atoms with van der Waals surface area (Å²) in [6.07, 6.45) is 11.9. The fourth-order valence-corrected chi connectivity index (χ4v) is 4.73. The van der Waals surface area contributed by atoms with Crippen LogP contribution in [0.25, 0.3) is 0 Å². The summed E-state index contributed by atoms with van der Waals surface area (Å²) < 4.78 is 0. The van der Waals surface area contributed by atoms with Crippen molar-refractivity contribution >= 4 is 0 Å². The van der Waals surface area contributed by atoms with Crippen LogP contribution in [0.4, 0.5) is 0 Å². The molecule has 0 spiro atoms. The SMILES string of the molecule is CC(CC(C)(C#N)NC1CC1)N1CCCC2CCCCC21. The molecule has 4 atom stereocenters. The Hall–Kier alpha value is -0.590. The zero-order valence-electron chi connectivity index (χ0n) is 13.8. The van der Waals surface area contributed by atoms with Gasteiger partial charge in [0, 0.05) is 18.1 Å². The minimum Gasteiger partial charge on any atom is -0.297 e. The van der Waals surface area contributed by atoms with E-state index < -0.39 is 0 Å². The topological polar surface area (TPSA) is 39.1 Å². The first kappa shape index (κ1) is 15.3. The van der Waals surface area contributed by atoms with Crippen LogP contribution in [0.5, 0.6) is 0 Å². The van der Waals surface area contributed by atoms with Crippen LogP contribution in [-0.2, 0) is 0 Å². The van der Waals surface area contributed by atoms with E-state index >= 15 is 0 Å². The minimum atomic E-state index is -0.345. The van der Waals surface area contributed by atoms with Crippen LogP contribution in [0.1, 0.15) is 71.6 Å². The van der Waals surface area contributed by atoms with E-state index in [1.165, 1.54) is 57.9 Å². The molecule has 3 aliphatic rings. The smallest absolute Gasteiger partial charge is 0.105 e. The molecule has 0 radical (unpaired) electrons. The summed E-state index contributed by atoms with van der Waals surface area (Å²) in [6.45, 7) is 5.69. The van der Waals surface area contributed by atoms with E-state index in [0.717, 1.165) is 18.4 Å². The second kappa shape index (κ2) is 6.26. The number of nitriles is 1. The quantitative estimate of drug-likeness (QED) is 0.842. The summed E-state index contributed by atoms with van der Waals surface area (Å²) in [5.74, 6) is 0.930. The molecule has 0 aromatic heterocycles. The van der Waals surface area contributed by atoms with Gasteiger partial charge >= 0.3 is 0 Å². The molecule has 21 heavy (non-hydrogen) atoms.